The number of ether oxygens (including phenoxy) is 2. The Hall–Kier alpha value is -2.99. The molecule has 6 heteroatoms. The molecule has 0 aliphatic carbocycles. The predicted octanol–water partition coefficient (Wildman–Crippen LogP) is 3.81. The largest absolute Gasteiger partial charge is 0.493 e. The number of hydrogen-bond donors (Lipinski definition) is 1. The van der Waals surface area contributed by atoms with Crippen LogP contribution in [0.3, 0.4) is 0 Å². The lowest BCUT2D eigenvalue weighted by Gasteiger charge is -2.35. The van der Waals surface area contributed by atoms with Crippen LogP contribution >= 0.6 is 0 Å². The van der Waals surface area contributed by atoms with E-state index < -0.39 is 0 Å². The average molecular weight is 410 g/mol. The van der Waals surface area contributed by atoms with Crippen LogP contribution in [0.25, 0.3) is 6.08 Å². The molecule has 1 fully saturated rings. The standard InChI is InChI=1S/C24H31N3O3/c1-5-30-22-10-6-19(17-23(22)29-4)7-11-24(28)25-20-8-9-21(18(2)16-20)27-14-12-26(3)13-15-27/h6-11,16-17H,5,12-15H2,1-4H3,(H,25,28)/b11-7+. The van der Waals surface area contributed by atoms with Gasteiger partial charge in [0, 0.05) is 43.6 Å². The first-order valence-corrected chi connectivity index (χ1v) is 10.3. The number of nitrogens with zero attached hydrogens (tertiary/aromatic N) is 2. The molecule has 0 saturated carbocycles. The third-order valence-electron chi connectivity index (χ3n) is 5.22. The second kappa shape index (κ2) is 10.2. The number of hydrogen-bond acceptors (Lipinski definition) is 5. The van der Waals surface area contributed by atoms with Crippen LogP contribution in [0.2, 0.25) is 0 Å². The van der Waals surface area contributed by atoms with Crippen LogP contribution in [0.1, 0.15) is 18.1 Å². The number of anilines is 2. The highest BCUT2D eigenvalue weighted by atomic mass is 16.5. The zero-order valence-corrected chi connectivity index (χ0v) is 18.3. The quantitative estimate of drug-likeness (QED) is 0.705. The molecule has 160 valence electrons. The molecule has 0 radical (unpaired) electrons. The van der Waals surface area contributed by atoms with E-state index in [4.69, 9.17) is 9.47 Å². The summed E-state index contributed by atoms with van der Waals surface area (Å²) in [7, 11) is 3.76. The topological polar surface area (TPSA) is 54.0 Å². The average Bonchev–Trinajstić information content (AvgIpc) is 2.74. The lowest BCUT2D eigenvalue weighted by atomic mass is 10.1. The number of nitrogens with one attached hydrogen (secondary N) is 1. The normalized spacial score (nSPS) is 14.7. The van der Waals surface area contributed by atoms with E-state index in [2.05, 4.69) is 35.2 Å². The van der Waals surface area contributed by atoms with E-state index in [0.717, 1.165) is 43.0 Å². The van der Waals surface area contributed by atoms with Crippen molar-refractivity contribution in [2.45, 2.75) is 13.8 Å². The highest BCUT2D eigenvalue weighted by Crippen LogP contribution is 2.28. The summed E-state index contributed by atoms with van der Waals surface area (Å²) in [6, 6.07) is 11.7. The second-order valence-electron chi connectivity index (χ2n) is 7.46. The van der Waals surface area contributed by atoms with Gasteiger partial charge in [-0.1, -0.05) is 6.07 Å². The maximum atomic E-state index is 12.4. The molecule has 0 bridgehead atoms. The zero-order valence-electron chi connectivity index (χ0n) is 18.3. The molecule has 1 N–H and O–H groups in total. The number of likely N-dealkylation sites (N-methyl/N-ethyl adjacent to an activating group) is 1. The van der Waals surface area contributed by atoms with Gasteiger partial charge in [0.1, 0.15) is 0 Å². The van der Waals surface area contributed by atoms with Crippen LogP contribution in [0, 0.1) is 6.92 Å². The van der Waals surface area contributed by atoms with Gasteiger partial charge < -0.3 is 24.6 Å². The van der Waals surface area contributed by atoms with E-state index in [-0.39, 0.29) is 5.91 Å². The van der Waals surface area contributed by atoms with Crippen molar-refractivity contribution in [1.82, 2.24) is 4.90 Å². The van der Waals surface area contributed by atoms with Crippen LogP contribution in [-0.2, 0) is 4.79 Å². The summed E-state index contributed by atoms with van der Waals surface area (Å²) in [5.41, 5.74) is 4.06. The van der Waals surface area contributed by atoms with Gasteiger partial charge in [0.05, 0.1) is 13.7 Å². The Bertz CT molecular complexity index is 903. The van der Waals surface area contributed by atoms with Crippen molar-refractivity contribution >= 4 is 23.4 Å². The number of carbonyl (C=O) groups excluding carboxylic acids is 1. The number of piperazine rings is 1. The number of carbonyl (C=O) groups is 1. The van der Waals surface area contributed by atoms with Gasteiger partial charge in [0.2, 0.25) is 5.91 Å². The lowest BCUT2D eigenvalue weighted by molar-refractivity contribution is -0.111. The van der Waals surface area contributed by atoms with Crippen LogP contribution in [0.15, 0.2) is 42.5 Å². The van der Waals surface area contributed by atoms with Gasteiger partial charge >= 0.3 is 0 Å². The van der Waals surface area contributed by atoms with Crippen molar-refractivity contribution in [3.05, 3.63) is 53.6 Å². The van der Waals surface area contributed by atoms with Gasteiger partial charge in [0.15, 0.2) is 11.5 Å². The van der Waals surface area contributed by atoms with E-state index >= 15 is 0 Å². The molecular formula is C24H31N3O3. The van der Waals surface area contributed by atoms with Crippen LogP contribution in [0.5, 0.6) is 11.5 Å². The van der Waals surface area contributed by atoms with E-state index in [9.17, 15) is 4.79 Å². The van der Waals surface area contributed by atoms with E-state index in [1.807, 2.05) is 37.3 Å². The van der Waals surface area contributed by atoms with Crippen molar-refractivity contribution < 1.29 is 14.3 Å². The van der Waals surface area contributed by atoms with Crippen molar-refractivity contribution in [2.24, 2.45) is 0 Å². The molecule has 1 amide bonds. The molecule has 1 heterocycles. The predicted molar refractivity (Wildman–Crippen MR) is 123 cm³/mol. The number of rotatable bonds is 7. The highest BCUT2D eigenvalue weighted by molar-refractivity contribution is 6.02. The van der Waals surface area contributed by atoms with Crippen molar-refractivity contribution in [1.29, 1.82) is 0 Å². The summed E-state index contributed by atoms with van der Waals surface area (Å²) in [4.78, 5) is 17.1. The fraction of sp³-hybridized carbons (Fsp3) is 0.375. The first-order valence-electron chi connectivity index (χ1n) is 10.3. The fourth-order valence-corrected chi connectivity index (χ4v) is 3.55. The van der Waals surface area contributed by atoms with Gasteiger partial charge in [-0.2, -0.15) is 0 Å². The van der Waals surface area contributed by atoms with Gasteiger partial charge in [-0.15, -0.1) is 0 Å². The van der Waals surface area contributed by atoms with Crippen LogP contribution in [-0.4, -0.2) is 57.8 Å². The summed E-state index contributed by atoms with van der Waals surface area (Å²) in [6.07, 6.45) is 3.29. The van der Waals surface area contributed by atoms with Crippen LogP contribution in [0.4, 0.5) is 11.4 Å². The number of benzene rings is 2. The Labute approximate surface area is 179 Å². The van der Waals surface area contributed by atoms with Crippen molar-refractivity contribution in [3.63, 3.8) is 0 Å². The minimum Gasteiger partial charge on any atom is -0.493 e. The minimum atomic E-state index is -0.172. The molecule has 3 rings (SSSR count). The van der Waals surface area contributed by atoms with E-state index in [1.165, 1.54) is 11.8 Å². The van der Waals surface area contributed by atoms with Gasteiger partial charge in [0.25, 0.3) is 0 Å². The molecule has 0 spiro atoms. The Morgan fingerprint density at radius 3 is 2.53 bits per heavy atom. The lowest BCUT2D eigenvalue weighted by Crippen LogP contribution is -2.44. The molecule has 1 aliphatic heterocycles. The molecule has 0 unspecified atom stereocenters. The molecule has 1 saturated heterocycles. The molecule has 2 aromatic rings. The SMILES string of the molecule is CCOc1ccc(/C=C/C(=O)Nc2ccc(N3CCN(C)CC3)c(C)c2)cc1OC. The number of aryl methyl sites for hydroxylation is 1. The molecule has 30 heavy (non-hydrogen) atoms. The number of methoxy groups -OCH3 is 1. The third-order valence-corrected chi connectivity index (χ3v) is 5.22. The van der Waals surface area contributed by atoms with Gasteiger partial charge in [-0.3, -0.25) is 4.79 Å². The Morgan fingerprint density at radius 2 is 1.87 bits per heavy atom. The summed E-state index contributed by atoms with van der Waals surface area (Å²) < 4.78 is 10.9. The van der Waals surface area contributed by atoms with Gasteiger partial charge in [-0.25, -0.2) is 0 Å². The molecule has 6 nitrogen and oxygen atoms in total. The first kappa shape index (κ1) is 21.7. The molecule has 0 aromatic heterocycles. The highest BCUT2D eigenvalue weighted by Gasteiger charge is 2.16. The van der Waals surface area contributed by atoms with Gasteiger partial charge in [-0.05, 0) is 68.4 Å². The first-order chi connectivity index (χ1) is 14.5. The minimum absolute atomic E-state index is 0.172. The maximum absolute atomic E-state index is 12.4. The summed E-state index contributed by atoms with van der Waals surface area (Å²) in [5.74, 6) is 1.17. The Morgan fingerprint density at radius 1 is 1.10 bits per heavy atom. The van der Waals surface area contributed by atoms with Crippen molar-refractivity contribution in [2.75, 3.05) is 57.2 Å². The van der Waals surface area contributed by atoms with Crippen LogP contribution < -0.4 is 19.7 Å². The molecule has 1 aliphatic rings. The molecular weight excluding hydrogens is 378 g/mol. The fourth-order valence-electron chi connectivity index (χ4n) is 3.55. The molecule has 2 aromatic carbocycles. The monoisotopic (exact) mass is 409 g/mol. The number of amides is 1. The molecule has 0 atom stereocenters. The van der Waals surface area contributed by atoms with E-state index in [1.54, 1.807) is 13.2 Å². The summed E-state index contributed by atoms with van der Waals surface area (Å²) in [5, 5.41) is 2.94. The maximum Gasteiger partial charge on any atom is 0.248 e. The smallest absolute Gasteiger partial charge is 0.248 e. The Kier molecular flexibility index (Phi) is 7.36. The summed E-state index contributed by atoms with van der Waals surface area (Å²) >= 11 is 0. The van der Waals surface area contributed by atoms with Crippen molar-refractivity contribution in [3.8, 4) is 11.5 Å². The zero-order chi connectivity index (χ0) is 21.5. The Balaban J connectivity index is 1.62. The van der Waals surface area contributed by atoms with E-state index in [0.29, 0.717) is 18.1 Å². The summed E-state index contributed by atoms with van der Waals surface area (Å²) in [6.45, 7) is 8.77. The third kappa shape index (κ3) is 5.54. The second-order valence-corrected chi connectivity index (χ2v) is 7.46.